The van der Waals surface area contributed by atoms with Crippen molar-refractivity contribution in [2.45, 2.75) is 0 Å². The molecule has 110 valence electrons. The topological polar surface area (TPSA) is 80.5 Å². The summed E-state index contributed by atoms with van der Waals surface area (Å²) in [5, 5.41) is 10.9. The molecule has 0 atom stereocenters. The second kappa shape index (κ2) is 5.29. The number of nitrogens with zero attached hydrogens (tertiary/aromatic N) is 2. The molecule has 0 N–H and O–H groups in total. The van der Waals surface area contributed by atoms with Gasteiger partial charge in [0, 0.05) is 10.5 Å². The number of imide groups is 1. The third kappa shape index (κ3) is 2.15. The number of carbonyl (C=O) groups is 2. The second-order valence-corrected chi connectivity index (χ2v) is 6.21. The number of fused-ring (bicyclic) bond motifs is 1. The predicted octanol–water partition coefficient (Wildman–Crippen LogP) is 3.92. The van der Waals surface area contributed by atoms with Crippen LogP contribution in [0.4, 0.5) is 11.4 Å². The molecule has 1 aliphatic rings. The van der Waals surface area contributed by atoms with Gasteiger partial charge in [0.2, 0.25) is 0 Å². The number of hydrogen-bond donors (Lipinski definition) is 0. The molecule has 22 heavy (non-hydrogen) atoms. The van der Waals surface area contributed by atoms with Crippen molar-refractivity contribution >= 4 is 55.0 Å². The van der Waals surface area contributed by atoms with Gasteiger partial charge in [-0.05, 0) is 50.1 Å². The average molecular weight is 426 g/mol. The lowest BCUT2D eigenvalue weighted by atomic mass is 10.1. The fourth-order valence-corrected chi connectivity index (χ4v) is 3.23. The molecule has 0 saturated carbocycles. The molecule has 0 unspecified atom stereocenters. The van der Waals surface area contributed by atoms with Gasteiger partial charge >= 0.3 is 0 Å². The van der Waals surface area contributed by atoms with Gasteiger partial charge in [-0.3, -0.25) is 19.7 Å². The first kappa shape index (κ1) is 14.9. The highest BCUT2D eigenvalue weighted by Gasteiger charge is 2.37. The summed E-state index contributed by atoms with van der Waals surface area (Å²) >= 11 is 6.28. The number of carbonyl (C=O) groups excluding carboxylic acids is 2. The van der Waals surface area contributed by atoms with E-state index in [1.165, 1.54) is 12.1 Å². The van der Waals surface area contributed by atoms with Gasteiger partial charge in [0.1, 0.15) is 0 Å². The van der Waals surface area contributed by atoms with Crippen LogP contribution >= 0.6 is 31.9 Å². The lowest BCUT2D eigenvalue weighted by molar-refractivity contribution is -0.385. The number of amides is 2. The number of nitro benzene ring substituents is 1. The van der Waals surface area contributed by atoms with E-state index in [-0.39, 0.29) is 20.3 Å². The number of halogens is 2. The maximum Gasteiger partial charge on any atom is 0.284 e. The minimum absolute atomic E-state index is 0.160. The zero-order chi connectivity index (χ0) is 16.0. The molecule has 2 amide bonds. The number of hydrogen-bond acceptors (Lipinski definition) is 4. The van der Waals surface area contributed by atoms with Gasteiger partial charge in [-0.15, -0.1) is 0 Å². The third-order valence-electron chi connectivity index (χ3n) is 3.25. The molecule has 1 aliphatic heterocycles. The molecule has 0 spiro atoms. The summed E-state index contributed by atoms with van der Waals surface area (Å²) in [7, 11) is 0. The minimum atomic E-state index is -0.555. The predicted molar refractivity (Wildman–Crippen MR) is 86.1 cm³/mol. The van der Waals surface area contributed by atoms with Crippen LogP contribution in [0, 0.1) is 10.1 Å². The molecule has 8 heteroatoms. The Labute approximate surface area is 141 Å². The van der Waals surface area contributed by atoms with Gasteiger partial charge in [0.15, 0.2) is 0 Å². The lowest BCUT2D eigenvalue weighted by Gasteiger charge is -2.16. The van der Waals surface area contributed by atoms with Crippen LogP contribution in [0.1, 0.15) is 20.7 Å². The van der Waals surface area contributed by atoms with Gasteiger partial charge in [-0.1, -0.05) is 12.1 Å². The SMILES string of the molecule is O=C1c2ccccc2C(=O)N1c1cc(Br)c([N+](=O)[O-])cc1Br. The quantitative estimate of drug-likeness (QED) is 0.415. The Morgan fingerprint density at radius 3 is 2.00 bits per heavy atom. The number of nitro groups is 1. The Kier molecular flexibility index (Phi) is 3.57. The van der Waals surface area contributed by atoms with Crippen molar-refractivity contribution in [1.82, 2.24) is 0 Å². The van der Waals surface area contributed by atoms with Gasteiger partial charge < -0.3 is 0 Å². The summed E-state index contributed by atoms with van der Waals surface area (Å²) in [5.74, 6) is -0.913. The van der Waals surface area contributed by atoms with E-state index in [2.05, 4.69) is 31.9 Å². The minimum Gasteiger partial charge on any atom is -0.268 e. The molecule has 0 aromatic heterocycles. The summed E-state index contributed by atoms with van der Waals surface area (Å²) < 4.78 is 0.476. The van der Waals surface area contributed by atoms with E-state index in [0.29, 0.717) is 11.1 Å². The Hall–Kier alpha value is -2.06. The molecule has 6 nitrogen and oxygen atoms in total. The first-order valence-electron chi connectivity index (χ1n) is 6.03. The molecule has 0 saturated heterocycles. The summed E-state index contributed by atoms with van der Waals surface area (Å²) in [4.78, 5) is 36.2. The molecular weight excluding hydrogens is 420 g/mol. The number of rotatable bonds is 2. The van der Waals surface area contributed by atoms with Crippen LogP contribution in [-0.4, -0.2) is 16.7 Å². The number of anilines is 1. The van der Waals surface area contributed by atoms with Crippen LogP contribution in [0.15, 0.2) is 45.3 Å². The number of benzene rings is 2. The Morgan fingerprint density at radius 1 is 0.955 bits per heavy atom. The Morgan fingerprint density at radius 2 is 1.50 bits per heavy atom. The summed E-state index contributed by atoms with van der Waals surface area (Å²) in [6.45, 7) is 0. The van der Waals surface area contributed by atoms with E-state index >= 15 is 0 Å². The van der Waals surface area contributed by atoms with Crippen LogP contribution in [0.3, 0.4) is 0 Å². The fraction of sp³-hybridized carbons (Fsp3) is 0. The maximum absolute atomic E-state index is 12.4. The van der Waals surface area contributed by atoms with Crippen molar-refractivity contribution in [3.63, 3.8) is 0 Å². The van der Waals surface area contributed by atoms with E-state index in [0.717, 1.165) is 4.90 Å². The van der Waals surface area contributed by atoms with Gasteiger partial charge in [-0.2, -0.15) is 0 Å². The van der Waals surface area contributed by atoms with Gasteiger partial charge in [0.05, 0.1) is 26.2 Å². The van der Waals surface area contributed by atoms with E-state index in [1.807, 2.05) is 0 Å². The van der Waals surface area contributed by atoms with Crippen molar-refractivity contribution in [3.8, 4) is 0 Å². The summed E-state index contributed by atoms with van der Waals surface area (Å²) in [6.07, 6.45) is 0. The molecule has 0 fully saturated rings. The van der Waals surface area contributed by atoms with E-state index < -0.39 is 16.7 Å². The molecule has 2 aromatic carbocycles. The van der Waals surface area contributed by atoms with E-state index in [9.17, 15) is 19.7 Å². The highest BCUT2D eigenvalue weighted by molar-refractivity contribution is 9.11. The zero-order valence-corrected chi connectivity index (χ0v) is 13.9. The van der Waals surface area contributed by atoms with Gasteiger partial charge in [-0.25, -0.2) is 4.90 Å². The second-order valence-electron chi connectivity index (χ2n) is 4.50. The molecular formula is C14H6Br2N2O4. The summed E-state index contributed by atoms with van der Waals surface area (Å²) in [5.41, 5.74) is 0.721. The Balaban J connectivity index is 2.14. The van der Waals surface area contributed by atoms with Crippen molar-refractivity contribution in [1.29, 1.82) is 0 Å². The molecule has 3 rings (SSSR count). The van der Waals surface area contributed by atoms with E-state index in [1.54, 1.807) is 24.3 Å². The molecule has 0 aliphatic carbocycles. The first-order valence-corrected chi connectivity index (χ1v) is 7.61. The van der Waals surface area contributed by atoms with Crippen LogP contribution < -0.4 is 4.90 Å². The van der Waals surface area contributed by atoms with Crippen molar-refractivity contribution < 1.29 is 14.5 Å². The molecule has 2 aromatic rings. The third-order valence-corrected chi connectivity index (χ3v) is 4.52. The highest BCUT2D eigenvalue weighted by Crippen LogP contribution is 2.39. The fourth-order valence-electron chi connectivity index (χ4n) is 2.25. The van der Waals surface area contributed by atoms with Crippen LogP contribution in [0.25, 0.3) is 0 Å². The maximum atomic E-state index is 12.4. The van der Waals surface area contributed by atoms with E-state index in [4.69, 9.17) is 0 Å². The summed E-state index contributed by atoms with van der Waals surface area (Å²) in [6, 6.07) is 9.13. The molecule has 1 heterocycles. The van der Waals surface area contributed by atoms with Crippen LogP contribution in [0.5, 0.6) is 0 Å². The molecule has 0 radical (unpaired) electrons. The van der Waals surface area contributed by atoms with Crippen LogP contribution in [0.2, 0.25) is 0 Å². The zero-order valence-electron chi connectivity index (χ0n) is 10.7. The van der Waals surface area contributed by atoms with Crippen molar-refractivity contribution in [2.24, 2.45) is 0 Å². The first-order chi connectivity index (χ1) is 10.4. The highest BCUT2D eigenvalue weighted by atomic mass is 79.9. The molecule has 0 bridgehead atoms. The standard InChI is InChI=1S/C14H6Br2N2O4/c15-9-6-12(18(21)22)10(16)5-11(9)17-13(19)7-3-1-2-4-8(7)14(17)20/h1-6H. The van der Waals surface area contributed by atoms with Gasteiger partial charge in [0.25, 0.3) is 17.5 Å². The largest absolute Gasteiger partial charge is 0.284 e. The monoisotopic (exact) mass is 424 g/mol. The lowest BCUT2D eigenvalue weighted by Crippen LogP contribution is -2.29. The van der Waals surface area contributed by atoms with Crippen molar-refractivity contribution in [3.05, 3.63) is 66.6 Å². The Bertz CT molecular complexity index is 816. The van der Waals surface area contributed by atoms with Crippen LogP contribution in [-0.2, 0) is 0 Å². The normalized spacial score (nSPS) is 13.5. The average Bonchev–Trinajstić information content (AvgIpc) is 2.73. The smallest absolute Gasteiger partial charge is 0.268 e. The van der Waals surface area contributed by atoms with Crippen molar-refractivity contribution in [2.75, 3.05) is 4.90 Å².